The highest BCUT2D eigenvalue weighted by Gasteiger charge is 2.21. The number of H-pyrrole nitrogens is 1. The number of aromatic amines is 1. The van der Waals surface area contributed by atoms with Gasteiger partial charge in [0.2, 0.25) is 0 Å². The fourth-order valence-electron chi connectivity index (χ4n) is 2.22. The molecule has 0 amide bonds. The van der Waals surface area contributed by atoms with Crippen LogP contribution in [-0.4, -0.2) is 27.2 Å². The summed E-state index contributed by atoms with van der Waals surface area (Å²) in [7, 11) is 0. The highest BCUT2D eigenvalue weighted by Crippen LogP contribution is 2.23. The Hall–Kier alpha value is -2.14. The van der Waals surface area contributed by atoms with Gasteiger partial charge in [-0.15, -0.1) is 0 Å². The predicted octanol–water partition coefficient (Wildman–Crippen LogP) is 2.60. The number of halogens is 1. The van der Waals surface area contributed by atoms with Crippen molar-refractivity contribution in [3.63, 3.8) is 0 Å². The number of rotatable bonds is 3. The number of hydrogen-bond acceptors (Lipinski definition) is 4. The lowest BCUT2D eigenvalue weighted by molar-refractivity contribution is 0.852. The lowest BCUT2D eigenvalue weighted by Crippen LogP contribution is -2.11. The van der Waals surface area contributed by atoms with Gasteiger partial charge in [-0.2, -0.15) is 5.10 Å². The zero-order valence-corrected chi connectivity index (χ0v) is 11.7. The summed E-state index contributed by atoms with van der Waals surface area (Å²) >= 11 is 5.92. The number of nitrogens with zero attached hydrogens (tertiary/aromatic N) is 3. The van der Waals surface area contributed by atoms with Gasteiger partial charge >= 0.3 is 0 Å². The number of hydrogen-bond donors (Lipinski definition) is 2. The van der Waals surface area contributed by atoms with Crippen molar-refractivity contribution in [2.45, 2.75) is 12.8 Å². The lowest BCUT2D eigenvalue weighted by Gasteiger charge is -2.11. The Labute approximate surface area is 121 Å². The molecule has 5 nitrogen and oxygen atoms in total. The van der Waals surface area contributed by atoms with Crippen LogP contribution in [0.4, 0.5) is 0 Å². The summed E-state index contributed by atoms with van der Waals surface area (Å²) in [6, 6.07) is 1.89. The number of aromatic nitrogens is 3. The van der Waals surface area contributed by atoms with Crippen LogP contribution in [0.15, 0.2) is 41.7 Å². The standard InChI is InChI=1S/C14H14ClN5/c1-9(11-4-16-8-17-5-11)14-10(6-19-20-14)2-13-3-12(15)7-18-13/h2-5,7-9,18-19H,6H2,1H3/b10-2+. The van der Waals surface area contributed by atoms with Crippen LogP contribution >= 0.6 is 11.6 Å². The van der Waals surface area contributed by atoms with E-state index in [0.717, 1.165) is 22.5 Å². The molecule has 102 valence electrons. The Kier molecular flexibility index (Phi) is 3.52. The van der Waals surface area contributed by atoms with E-state index in [4.69, 9.17) is 11.6 Å². The Morgan fingerprint density at radius 2 is 2.15 bits per heavy atom. The quantitative estimate of drug-likeness (QED) is 0.912. The monoisotopic (exact) mass is 287 g/mol. The molecule has 3 heterocycles. The van der Waals surface area contributed by atoms with Gasteiger partial charge in [-0.1, -0.05) is 18.5 Å². The topological polar surface area (TPSA) is 66.0 Å². The average molecular weight is 288 g/mol. The van der Waals surface area contributed by atoms with E-state index >= 15 is 0 Å². The molecule has 1 unspecified atom stereocenters. The third-order valence-corrected chi connectivity index (χ3v) is 3.51. The first-order valence-corrected chi connectivity index (χ1v) is 6.72. The van der Waals surface area contributed by atoms with E-state index in [0.29, 0.717) is 11.6 Å². The smallest absolute Gasteiger partial charge is 0.115 e. The second kappa shape index (κ2) is 5.46. The van der Waals surface area contributed by atoms with Gasteiger partial charge in [0.1, 0.15) is 6.33 Å². The maximum atomic E-state index is 5.92. The summed E-state index contributed by atoms with van der Waals surface area (Å²) in [4.78, 5) is 11.2. The molecule has 1 aliphatic heterocycles. The number of nitrogens with one attached hydrogen (secondary N) is 2. The molecule has 20 heavy (non-hydrogen) atoms. The minimum absolute atomic E-state index is 0.142. The first kappa shape index (κ1) is 12.9. The highest BCUT2D eigenvalue weighted by molar-refractivity contribution is 6.30. The van der Waals surface area contributed by atoms with Crippen molar-refractivity contribution >= 4 is 23.4 Å². The maximum absolute atomic E-state index is 5.92. The first-order valence-electron chi connectivity index (χ1n) is 6.34. The van der Waals surface area contributed by atoms with Crippen LogP contribution in [0.3, 0.4) is 0 Å². The van der Waals surface area contributed by atoms with Crippen LogP contribution in [0.5, 0.6) is 0 Å². The third-order valence-electron chi connectivity index (χ3n) is 3.29. The Bertz CT molecular complexity index is 659. The van der Waals surface area contributed by atoms with E-state index in [9.17, 15) is 0 Å². The van der Waals surface area contributed by atoms with Crippen molar-refractivity contribution in [3.8, 4) is 0 Å². The van der Waals surface area contributed by atoms with E-state index in [1.54, 1.807) is 6.20 Å². The van der Waals surface area contributed by atoms with Crippen molar-refractivity contribution in [1.29, 1.82) is 0 Å². The van der Waals surface area contributed by atoms with Gasteiger partial charge < -0.3 is 10.4 Å². The molecule has 2 N–H and O–H groups in total. The van der Waals surface area contributed by atoms with Crippen molar-refractivity contribution in [1.82, 2.24) is 20.4 Å². The largest absolute Gasteiger partial charge is 0.360 e. The second-order valence-corrected chi connectivity index (χ2v) is 5.10. The molecule has 0 saturated carbocycles. The zero-order chi connectivity index (χ0) is 13.9. The molecule has 1 atom stereocenters. The van der Waals surface area contributed by atoms with E-state index in [2.05, 4.69) is 38.5 Å². The van der Waals surface area contributed by atoms with Crippen LogP contribution in [0.1, 0.15) is 24.1 Å². The van der Waals surface area contributed by atoms with Crippen LogP contribution in [0.2, 0.25) is 5.02 Å². The Morgan fingerprint density at radius 1 is 1.35 bits per heavy atom. The van der Waals surface area contributed by atoms with E-state index in [-0.39, 0.29) is 5.92 Å². The van der Waals surface area contributed by atoms with E-state index in [1.807, 2.05) is 18.5 Å². The summed E-state index contributed by atoms with van der Waals surface area (Å²) in [6.45, 7) is 2.81. The van der Waals surface area contributed by atoms with Gasteiger partial charge in [-0.25, -0.2) is 9.97 Å². The zero-order valence-electron chi connectivity index (χ0n) is 11.0. The molecule has 0 saturated heterocycles. The molecular formula is C14H14ClN5. The lowest BCUT2D eigenvalue weighted by atomic mass is 9.93. The van der Waals surface area contributed by atoms with Crippen molar-refractivity contribution < 1.29 is 0 Å². The molecule has 0 radical (unpaired) electrons. The molecule has 0 fully saturated rings. The van der Waals surface area contributed by atoms with Gasteiger partial charge in [0.15, 0.2) is 0 Å². The fourth-order valence-corrected chi connectivity index (χ4v) is 2.39. The third kappa shape index (κ3) is 2.58. The first-order chi connectivity index (χ1) is 9.74. The predicted molar refractivity (Wildman–Crippen MR) is 79.7 cm³/mol. The van der Waals surface area contributed by atoms with Gasteiger partial charge in [0.05, 0.1) is 17.3 Å². The molecule has 0 spiro atoms. The van der Waals surface area contributed by atoms with Crippen LogP contribution in [0.25, 0.3) is 6.08 Å². The van der Waals surface area contributed by atoms with Crippen LogP contribution in [-0.2, 0) is 0 Å². The minimum Gasteiger partial charge on any atom is -0.360 e. The van der Waals surface area contributed by atoms with E-state index < -0.39 is 0 Å². The molecule has 0 bridgehead atoms. The normalized spacial score (nSPS) is 17.9. The molecule has 6 heteroatoms. The van der Waals surface area contributed by atoms with Gasteiger partial charge in [-0.05, 0) is 23.3 Å². The molecule has 2 aromatic heterocycles. The van der Waals surface area contributed by atoms with E-state index in [1.165, 1.54) is 6.33 Å². The summed E-state index contributed by atoms with van der Waals surface area (Å²) < 4.78 is 0. The van der Waals surface area contributed by atoms with Crippen molar-refractivity contribution in [3.05, 3.63) is 52.8 Å². The fraction of sp³-hybridized carbons (Fsp3) is 0.214. The van der Waals surface area contributed by atoms with Crippen molar-refractivity contribution in [2.75, 3.05) is 6.54 Å². The average Bonchev–Trinajstić information content (AvgIpc) is 3.09. The van der Waals surface area contributed by atoms with Crippen molar-refractivity contribution in [2.24, 2.45) is 5.10 Å². The summed E-state index contributed by atoms with van der Waals surface area (Å²) in [5.74, 6) is 0.142. The molecule has 1 aliphatic rings. The summed E-state index contributed by atoms with van der Waals surface area (Å²) in [5, 5.41) is 5.09. The molecule has 2 aromatic rings. The highest BCUT2D eigenvalue weighted by atomic mass is 35.5. The summed E-state index contributed by atoms with van der Waals surface area (Å²) in [5.41, 5.74) is 7.19. The Balaban J connectivity index is 1.87. The number of hydrazone groups is 1. The molecule has 0 aliphatic carbocycles. The maximum Gasteiger partial charge on any atom is 0.115 e. The van der Waals surface area contributed by atoms with Gasteiger partial charge in [0.25, 0.3) is 0 Å². The SMILES string of the molecule is CC(C1=NNC/C1=C\c1cc(Cl)c[nH]1)c1cncnc1. The molecular weight excluding hydrogens is 274 g/mol. The van der Waals surface area contributed by atoms with Crippen LogP contribution < -0.4 is 5.43 Å². The van der Waals surface area contributed by atoms with Crippen LogP contribution in [0, 0.1) is 0 Å². The second-order valence-electron chi connectivity index (χ2n) is 4.67. The summed E-state index contributed by atoms with van der Waals surface area (Å²) in [6.07, 6.45) is 9.00. The minimum atomic E-state index is 0.142. The molecule has 3 rings (SSSR count). The Morgan fingerprint density at radius 3 is 2.85 bits per heavy atom. The van der Waals surface area contributed by atoms with Gasteiger partial charge in [0, 0.05) is 30.2 Å². The molecule has 0 aromatic carbocycles. The van der Waals surface area contributed by atoms with Gasteiger partial charge in [-0.3, -0.25) is 0 Å².